The largest absolute Gasteiger partial charge is 0.377 e. The van der Waals surface area contributed by atoms with E-state index in [4.69, 9.17) is 16.3 Å². The standard InChI is InChI=1S/C8H17ClO/c1-7(2)6-8(3)10-5-4-9/h7-8H,4-6H2,1-3H3. The summed E-state index contributed by atoms with van der Waals surface area (Å²) in [5.41, 5.74) is 0. The van der Waals surface area contributed by atoms with Crippen molar-refractivity contribution in [3.63, 3.8) is 0 Å². The van der Waals surface area contributed by atoms with Gasteiger partial charge in [0.1, 0.15) is 0 Å². The Kier molecular flexibility index (Phi) is 6.14. The minimum Gasteiger partial charge on any atom is -0.377 e. The Balaban J connectivity index is 3.16. The molecular weight excluding hydrogens is 148 g/mol. The number of ether oxygens (including phenoxy) is 1. The van der Waals surface area contributed by atoms with Gasteiger partial charge in [0.2, 0.25) is 0 Å². The number of halogens is 1. The maximum absolute atomic E-state index is 5.46. The van der Waals surface area contributed by atoms with E-state index in [0.29, 0.717) is 24.5 Å². The van der Waals surface area contributed by atoms with Gasteiger partial charge in [0, 0.05) is 5.88 Å². The molecule has 62 valence electrons. The molecule has 1 atom stereocenters. The highest BCUT2D eigenvalue weighted by Crippen LogP contribution is 2.06. The smallest absolute Gasteiger partial charge is 0.0605 e. The Bertz CT molecular complexity index is 73.7. The summed E-state index contributed by atoms with van der Waals surface area (Å²) >= 11 is 5.46. The van der Waals surface area contributed by atoms with Gasteiger partial charge in [-0.2, -0.15) is 0 Å². The van der Waals surface area contributed by atoms with Gasteiger partial charge in [-0.15, -0.1) is 11.6 Å². The first kappa shape index (κ1) is 10.2. The van der Waals surface area contributed by atoms with Gasteiger partial charge >= 0.3 is 0 Å². The van der Waals surface area contributed by atoms with Crippen LogP contribution in [-0.4, -0.2) is 18.6 Å². The number of hydrogen-bond acceptors (Lipinski definition) is 1. The second kappa shape index (κ2) is 5.99. The maximum atomic E-state index is 5.46. The van der Waals surface area contributed by atoms with E-state index in [1.807, 2.05) is 0 Å². The Labute approximate surface area is 68.7 Å². The fraction of sp³-hybridized carbons (Fsp3) is 1.00. The van der Waals surface area contributed by atoms with Gasteiger partial charge in [-0.3, -0.25) is 0 Å². The summed E-state index contributed by atoms with van der Waals surface area (Å²) in [6, 6.07) is 0. The van der Waals surface area contributed by atoms with Crippen LogP contribution in [0.4, 0.5) is 0 Å². The van der Waals surface area contributed by atoms with Crippen LogP contribution < -0.4 is 0 Å². The van der Waals surface area contributed by atoms with Crippen LogP contribution in [0.3, 0.4) is 0 Å². The van der Waals surface area contributed by atoms with Crippen molar-refractivity contribution in [2.45, 2.75) is 33.3 Å². The predicted octanol–water partition coefficient (Wildman–Crippen LogP) is 2.68. The van der Waals surface area contributed by atoms with Crippen LogP contribution in [0.25, 0.3) is 0 Å². The van der Waals surface area contributed by atoms with Gasteiger partial charge in [-0.1, -0.05) is 13.8 Å². The van der Waals surface area contributed by atoms with Gasteiger partial charge in [0.15, 0.2) is 0 Å². The van der Waals surface area contributed by atoms with E-state index in [9.17, 15) is 0 Å². The maximum Gasteiger partial charge on any atom is 0.0605 e. The summed E-state index contributed by atoms with van der Waals surface area (Å²) in [7, 11) is 0. The highest BCUT2D eigenvalue weighted by atomic mass is 35.5. The summed E-state index contributed by atoms with van der Waals surface area (Å²) < 4.78 is 5.37. The summed E-state index contributed by atoms with van der Waals surface area (Å²) in [6.45, 7) is 7.16. The molecule has 0 aliphatic carbocycles. The second-order valence-electron chi connectivity index (χ2n) is 3.00. The summed E-state index contributed by atoms with van der Waals surface area (Å²) in [6.07, 6.45) is 1.48. The first-order valence-electron chi connectivity index (χ1n) is 3.84. The Hall–Kier alpha value is 0.250. The normalized spacial score (nSPS) is 14.1. The van der Waals surface area contributed by atoms with Crippen molar-refractivity contribution >= 4 is 11.6 Å². The lowest BCUT2D eigenvalue weighted by Crippen LogP contribution is -2.12. The molecule has 0 heterocycles. The van der Waals surface area contributed by atoms with Gasteiger partial charge in [-0.05, 0) is 19.3 Å². The van der Waals surface area contributed by atoms with Gasteiger partial charge in [0.25, 0.3) is 0 Å². The topological polar surface area (TPSA) is 9.23 Å². The summed E-state index contributed by atoms with van der Waals surface area (Å²) in [5, 5.41) is 0. The first-order valence-corrected chi connectivity index (χ1v) is 4.37. The quantitative estimate of drug-likeness (QED) is 0.568. The van der Waals surface area contributed by atoms with Crippen LogP contribution >= 0.6 is 11.6 Å². The number of hydrogen-bond donors (Lipinski definition) is 0. The average molecular weight is 165 g/mol. The third-order valence-electron chi connectivity index (χ3n) is 1.28. The summed E-state index contributed by atoms with van der Waals surface area (Å²) in [4.78, 5) is 0. The van der Waals surface area contributed by atoms with E-state index < -0.39 is 0 Å². The number of alkyl halides is 1. The van der Waals surface area contributed by atoms with Gasteiger partial charge in [0.05, 0.1) is 12.7 Å². The molecule has 0 N–H and O–H groups in total. The van der Waals surface area contributed by atoms with Crippen molar-refractivity contribution in [2.24, 2.45) is 5.92 Å². The van der Waals surface area contributed by atoms with E-state index in [2.05, 4.69) is 20.8 Å². The van der Waals surface area contributed by atoms with Crippen molar-refractivity contribution in [2.75, 3.05) is 12.5 Å². The first-order chi connectivity index (χ1) is 4.66. The van der Waals surface area contributed by atoms with Gasteiger partial charge < -0.3 is 4.74 Å². The molecule has 1 nitrogen and oxygen atoms in total. The van der Waals surface area contributed by atoms with Crippen molar-refractivity contribution in [3.05, 3.63) is 0 Å². The average Bonchev–Trinajstić information content (AvgIpc) is 1.82. The Morgan fingerprint density at radius 1 is 1.30 bits per heavy atom. The molecule has 0 aliphatic rings. The minimum atomic E-state index is 0.360. The highest BCUT2D eigenvalue weighted by Gasteiger charge is 2.03. The van der Waals surface area contributed by atoms with E-state index in [-0.39, 0.29) is 0 Å². The fourth-order valence-electron chi connectivity index (χ4n) is 0.978. The molecule has 0 spiro atoms. The zero-order chi connectivity index (χ0) is 7.98. The fourth-order valence-corrected chi connectivity index (χ4v) is 1.07. The van der Waals surface area contributed by atoms with Crippen LogP contribution in [0, 0.1) is 5.92 Å². The molecule has 1 unspecified atom stereocenters. The number of rotatable bonds is 5. The van der Waals surface area contributed by atoms with Crippen LogP contribution in [0.5, 0.6) is 0 Å². The molecule has 2 heteroatoms. The third-order valence-corrected chi connectivity index (χ3v) is 1.44. The van der Waals surface area contributed by atoms with Crippen LogP contribution in [0.1, 0.15) is 27.2 Å². The molecule has 0 saturated heterocycles. The molecule has 0 aliphatic heterocycles. The van der Waals surface area contributed by atoms with Gasteiger partial charge in [-0.25, -0.2) is 0 Å². The van der Waals surface area contributed by atoms with Crippen LogP contribution in [0.2, 0.25) is 0 Å². The van der Waals surface area contributed by atoms with E-state index >= 15 is 0 Å². The Morgan fingerprint density at radius 2 is 1.90 bits per heavy atom. The molecule has 0 fully saturated rings. The monoisotopic (exact) mass is 164 g/mol. The zero-order valence-electron chi connectivity index (χ0n) is 7.06. The Morgan fingerprint density at radius 3 is 2.30 bits per heavy atom. The van der Waals surface area contributed by atoms with E-state index in [0.717, 1.165) is 6.42 Å². The minimum absolute atomic E-state index is 0.360. The van der Waals surface area contributed by atoms with Crippen LogP contribution in [-0.2, 0) is 4.74 Å². The molecule has 0 aromatic heterocycles. The van der Waals surface area contributed by atoms with Crippen LogP contribution in [0.15, 0.2) is 0 Å². The van der Waals surface area contributed by atoms with Crippen molar-refractivity contribution < 1.29 is 4.74 Å². The zero-order valence-corrected chi connectivity index (χ0v) is 7.82. The lowest BCUT2D eigenvalue weighted by molar-refractivity contribution is 0.0628. The van der Waals surface area contributed by atoms with Crippen molar-refractivity contribution in [1.82, 2.24) is 0 Å². The van der Waals surface area contributed by atoms with Crippen molar-refractivity contribution in [3.8, 4) is 0 Å². The molecule has 10 heavy (non-hydrogen) atoms. The molecule has 0 bridgehead atoms. The molecule has 0 aromatic carbocycles. The second-order valence-corrected chi connectivity index (χ2v) is 3.38. The SMILES string of the molecule is CC(C)CC(C)OCCCl. The molecule has 0 saturated carbocycles. The molecule has 0 aromatic rings. The summed E-state index contributed by atoms with van der Waals surface area (Å²) in [5.74, 6) is 1.31. The van der Waals surface area contributed by atoms with E-state index in [1.54, 1.807) is 0 Å². The highest BCUT2D eigenvalue weighted by molar-refractivity contribution is 6.17. The van der Waals surface area contributed by atoms with Crippen molar-refractivity contribution in [1.29, 1.82) is 0 Å². The molecular formula is C8H17ClO. The van der Waals surface area contributed by atoms with E-state index in [1.165, 1.54) is 0 Å². The predicted molar refractivity (Wildman–Crippen MR) is 45.6 cm³/mol. The molecule has 0 rings (SSSR count). The molecule has 0 radical (unpaired) electrons. The molecule has 0 amide bonds. The lowest BCUT2D eigenvalue weighted by Gasteiger charge is -2.13. The third kappa shape index (κ3) is 6.37. The lowest BCUT2D eigenvalue weighted by atomic mass is 10.1.